The number of hydrogen-bond donors (Lipinski definition) is 3. The lowest BCUT2D eigenvalue weighted by Gasteiger charge is -2.08. The van der Waals surface area contributed by atoms with E-state index in [2.05, 4.69) is 28.0 Å². The van der Waals surface area contributed by atoms with Crippen LogP contribution in [0.15, 0.2) is 16.6 Å². The van der Waals surface area contributed by atoms with Crippen LogP contribution in [0.4, 0.5) is 0 Å². The Balaban J connectivity index is 1.61. The molecule has 0 spiro atoms. The van der Waals surface area contributed by atoms with Gasteiger partial charge in [0.2, 0.25) is 0 Å². The molecule has 4 nitrogen and oxygen atoms in total. The Bertz CT molecular complexity index is 525. The molecule has 0 bridgehead atoms. The number of fused-ring (bicyclic) bond motifs is 1. The van der Waals surface area contributed by atoms with Crippen molar-refractivity contribution in [2.45, 2.75) is 44.6 Å². The fourth-order valence-electron chi connectivity index (χ4n) is 2.90. The summed E-state index contributed by atoms with van der Waals surface area (Å²) >= 11 is 0. The number of H-pyrrole nitrogens is 1. The molecule has 19 heavy (non-hydrogen) atoms. The van der Waals surface area contributed by atoms with Crippen LogP contribution in [0.3, 0.4) is 0 Å². The minimum absolute atomic E-state index is 0.558. The lowest BCUT2D eigenvalue weighted by atomic mass is 9.98. The quantitative estimate of drug-likeness (QED) is 0.757. The molecular weight excluding hydrogens is 236 g/mol. The molecule has 0 unspecified atom stereocenters. The van der Waals surface area contributed by atoms with Gasteiger partial charge in [0.1, 0.15) is 5.84 Å². The van der Waals surface area contributed by atoms with E-state index >= 15 is 0 Å². The molecule has 0 radical (unpaired) electrons. The topological polar surface area (TPSA) is 52.2 Å². The predicted octanol–water partition coefficient (Wildman–Crippen LogP) is 1.95. The maximum absolute atomic E-state index is 4.71. The summed E-state index contributed by atoms with van der Waals surface area (Å²) in [5.41, 5.74) is 11.8. The first-order chi connectivity index (χ1) is 9.38. The van der Waals surface area contributed by atoms with Crippen molar-refractivity contribution in [2.75, 3.05) is 6.54 Å². The number of hydrazine groups is 1. The van der Waals surface area contributed by atoms with Crippen molar-refractivity contribution in [1.82, 2.24) is 15.8 Å². The van der Waals surface area contributed by atoms with Crippen LogP contribution in [0.5, 0.6) is 0 Å². The Morgan fingerprint density at radius 1 is 1.21 bits per heavy atom. The van der Waals surface area contributed by atoms with Gasteiger partial charge < -0.3 is 10.4 Å². The van der Waals surface area contributed by atoms with Gasteiger partial charge in [0.25, 0.3) is 0 Å². The van der Waals surface area contributed by atoms with Gasteiger partial charge in [-0.25, -0.2) is 5.43 Å². The summed E-state index contributed by atoms with van der Waals surface area (Å²) in [7, 11) is 0. The minimum Gasteiger partial charge on any atom is -0.359 e. The van der Waals surface area contributed by atoms with Crippen molar-refractivity contribution >= 4 is 11.9 Å². The second-order valence-electron chi connectivity index (χ2n) is 5.79. The van der Waals surface area contributed by atoms with Gasteiger partial charge in [-0.1, -0.05) is 0 Å². The van der Waals surface area contributed by atoms with E-state index in [1.54, 1.807) is 0 Å². The Kier molecular flexibility index (Phi) is 2.69. The molecule has 1 aromatic heterocycles. The summed E-state index contributed by atoms with van der Waals surface area (Å²) in [4.78, 5) is 8.27. The summed E-state index contributed by atoms with van der Waals surface area (Å²) in [6, 6.07) is 2.87. The zero-order chi connectivity index (χ0) is 12.7. The zero-order valence-electron chi connectivity index (χ0n) is 11.1. The molecular formula is C15H20N4. The Hall–Kier alpha value is -1.55. The summed E-state index contributed by atoms with van der Waals surface area (Å²) in [5, 5.41) is 0. The van der Waals surface area contributed by atoms with E-state index in [1.165, 1.54) is 61.0 Å². The third-order valence-electron chi connectivity index (χ3n) is 4.11. The number of aromatic amines is 1. The smallest absolute Gasteiger partial charge is 0.140 e. The van der Waals surface area contributed by atoms with Crippen molar-refractivity contribution in [2.24, 2.45) is 4.99 Å². The average molecular weight is 256 g/mol. The highest BCUT2D eigenvalue weighted by Crippen LogP contribution is 2.26. The molecule has 0 amide bonds. The van der Waals surface area contributed by atoms with Crippen LogP contribution >= 0.6 is 0 Å². The lowest BCUT2D eigenvalue weighted by molar-refractivity contribution is 0.677. The SMILES string of the molecule is C(=C1/CNNC1=NC1CC1)/c1cc2c([nH]1)CCCC2. The monoisotopic (exact) mass is 256 g/mol. The summed E-state index contributed by atoms with van der Waals surface area (Å²) in [5.74, 6) is 1.04. The number of hydrogen-bond acceptors (Lipinski definition) is 2. The number of aryl methyl sites for hydroxylation is 2. The normalized spacial score (nSPS) is 26.7. The van der Waals surface area contributed by atoms with Gasteiger partial charge in [0.15, 0.2) is 0 Å². The van der Waals surface area contributed by atoms with E-state index in [1.807, 2.05) is 0 Å². The van der Waals surface area contributed by atoms with Crippen LogP contribution in [0.1, 0.15) is 42.6 Å². The highest BCUT2D eigenvalue weighted by Gasteiger charge is 2.24. The van der Waals surface area contributed by atoms with E-state index < -0.39 is 0 Å². The van der Waals surface area contributed by atoms with Crippen LogP contribution < -0.4 is 10.9 Å². The third kappa shape index (κ3) is 2.32. The van der Waals surface area contributed by atoms with Crippen molar-refractivity contribution in [3.63, 3.8) is 0 Å². The van der Waals surface area contributed by atoms with E-state index in [9.17, 15) is 0 Å². The highest BCUT2D eigenvalue weighted by molar-refractivity contribution is 6.04. The summed E-state index contributed by atoms with van der Waals surface area (Å²) in [6.45, 7) is 0.856. The zero-order valence-corrected chi connectivity index (χ0v) is 11.1. The number of amidine groups is 1. The fourth-order valence-corrected chi connectivity index (χ4v) is 2.90. The third-order valence-corrected chi connectivity index (χ3v) is 4.11. The molecule has 3 N–H and O–H groups in total. The standard InChI is InChI=1S/C15H20N4/c1-2-4-14-10(3-1)7-13(17-14)8-11-9-16-19-15(11)18-12-5-6-12/h7-8,12,16-17H,1-6,9H2,(H,18,19)/b11-8+. The fraction of sp³-hybridized carbons (Fsp3) is 0.533. The van der Waals surface area contributed by atoms with Crippen molar-refractivity contribution in [1.29, 1.82) is 0 Å². The second kappa shape index (κ2) is 4.53. The van der Waals surface area contributed by atoms with Crippen molar-refractivity contribution in [3.8, 4) is 0 Å². The molecule has 3 aliphatic rings. The molecule has 2 fully saturated rings. The largest absolute Gasteiger partial charge is 0.359 e. The second-order valence-corrected chi connectivity index (χ2v) is 5.79. The van der Waals surface area contributed by atoms with Gasteiger partial charge in [0.05, 0.1) is 6.04 Å². The summed E-state index contributed by atoms with van der Waals surface area (Å²) < 4.78 is 0. The molecule has 100 valence electrons. The minimum atomic E-state index is 0.558. The maximum atomic E-state index is 4.71. The first-order valence-corrected chi connectivity index (χ1v) is 7.37. The van der Waals surface area contributed by atoms with E-state index in [0.717, 1.165) is 12.4 Å². The van der Waals surface area contributed by atoms with E-state index in [4.69, 9.17) is 4.99 Å². The highest BCUT2D eigenvalue weighted by atomic mass is 15.4. The van der Waals surface area contributed by atoms with Crippen LogP contribution in [0, 0.1) is 0 Å². The van der Waals surface area contributed by atoms with Gasteiger partial charge in [0, 0.05) is 23.5 Å². The molecule has 2 aliphatic carbocycles. The van der Waals surface area contributed by atoms with Gasteiger partial charge in [-0.2, -0.15) is 0 Å². The molecule has 4 rings (SSSR count). The van der Waals surface area contributed by atoms with Gasteiger partial charge in [-0.3, -0.25) is 4.99 Å². The lowest BCUT2D eigenvalue weighted by Crippen LogP contribution is -2.26. The number of aliphatic imine (C=N–C) groups is 1. The molecule has 0 aromatic carbocycles. The Labute approximate surface area is 113 Å². The van der Waals surface area contributed by atoms with Crippen LogP contribution in [-0.4, -0.2) is 23.4 Å². The molecule has 1 aliphatic heterocycles. The van der Waals surface area contributed by atoms with E-state index in [-0.39, 0.29) is 0 Å². The van der Waals surface area contributed by atoms with Gasteiger partial charge >= 0.3 is 0 Å². The predicted molar refractivity (Wildman–Crippen MR) is 77.0 cm³/mol. The summed E-state index contributed by atoms with van der Waals surface area (Å²) in [6.07, 6.45) is 9.82. The Morgan fingerprint density at radius 3 is 2.95 bits per heavy atom. The molecule has 1 saturated carbocycles. The van der Waals surface area contributed by atoms with Crippen LogP contribution in [-0.2, 0) is 12.8 Å². The number of nitrogens with zero attached hydrogens (tertiary/aromatic N) is 1. The van der Waals surface area contributed by atoms with Gasteiger partial charge in [-0.15, -0.1) is 0 Å². The first kappa shape index (κ1) is 11.3. The number of aromatic nitrogens is 1. The molecule has 1 saturated heterocycles. The Morgan fingerprint density at radius 2 is 2.11 bits per heavy atom. The van der Waals surface area contributed by atoms with E-state index in [0.29, 0.717) is 6.04 Å². The number of rotatable bonds is 2. The van der Waals surface area contributed by atoms with Gasteiger partial charge in [-0.05, 0) is 56.2 Å². The molecule has 0 atom stereocenters. The molecule has 1 aromatic rings. The van der Waals surface area contributed by atoms with Crippen molar-refractivity contribution < 1.29 is 0 Å². The van der Waals surface area contributed by atoms with Crippen LogP contribution in [0.25, 0.3) is 6.08 Å². The van der Waals surface area contributed by atoms with Crippen LogP contribution in [0.2, 0.25) is 0 Å². The first-order valence-electron chi connectivity index (χ1n) is 7.37. The number of nitrogens with one attached hydrogen (secondary N) is 3. The van der Waals surface area contributed by atoms with Crippen molar-refractivity contribution in [3.05, 3.63) is 28.6 Å². The molecule has 4 heteroatoms. The maximum Gasteiger partial charge on any atom is 0.140 e. The average Bonchev–Trinajstić information content (AvgIpc) is 2.97. The molecule has 2 heterocycles.